The van der Waals surface area contributed by atoms with Gasteiger partial charge in [0.1, 0.15) is 12.2 Å². The highest BCUT2D eigenvalue weighted by Gasteiger charge is 2.28. The first-order valence-electron chi connectivity index (χ1n) is 24.4. The molecule has 0 saturated carbocycles. The van der Waals surface area contributed by atoms with E-state index in [0.717, 1.165) is 51.4 Å². The van der Waals surface area contributed by atoms with E-state index in [1.54, 1.807) is 0 Å². The van der Waals surface area contributed by atoms with Crippen LogP contribution in [-0.4, -0.2) is 57.3 Å². The standard InChI is InChI=1S/C50H95NO5/c1-3-5-7-9-11-13-15-17-19-21-23-24-26-28-30-32-34-36-38-40-42-44-48(54)50(56)51-46(45-52)49(55)47(53)43-41-39-37-35-33-31-29-27-25-22-20-18-16-14-12-10-8-6-4-2/h26-29,35,37,46-49,52-55H,3-25,30-34,36,38-45H2,1-2H3,(H,51,56)/b28-26-,29-27+,37-35+. The third kappa shape index (κ3) is 38.1. The Morgan fingerprint density at radius 3 is 1.12 bits per heavy atom. The number of unbranched alkanes of at least 4 members (excludes halogenated alkanes) is 29. The summed E-state index contributed by atoms with van der Waals surface area (Å²) in [6, 6.07) is -1.01. The van der Waals surface area contributed by atoms with Crippen molar-refractivity contribution in [2.24, 2.45) is 0 Å². The first-order chi connectivity index (χ1) is 27.5. The lowest BCUT2D eigenvalue weighted by Gasteiger charge is -2.27. The van der Waals surface area contributed by atoms with Crippen molar-refractivity contribution < 1.29 is 25.2 Å². The zero-order valence-corrected chi connectivity index (χ0v) is 37.1. The predicted molar refractivity (Wildman–Crippen MR) is 242 cm³/mol. The third-order valence-electron chi connectivity index (χ3n) is 11.3. The number of aliphatic hydroxyl groups excluding tert-OH is 4. The Morgan fingerprint density at radius 1 is 0.429 bits per heavy atom. The largest absolute Gasteiger partial charge is 0.394 e. The lowest BCUT2D eigenvalue weighted by molar-refractivity contribution is -0.132. The van der Waals surface area contributed by atoms with Crippen LogP contribution in [0, 0.1) is 0 Å². The highest BCUT2D eigenvalue weighted by Crippen LogP contribution is 2.15. The van der Waals surface area contributed by atoms with E-state index >= 15 is 0 Å². The van der Waals surface area contributed by atoms with Crippen LogP contribution in [-0.2, 0) is 4.79 Å². The maximum Gasteiger partial charge on any atom is 0.249 e. The van der Waals surface area contributed by atoms with Crippen LogP contribution in [0.15, 0.2) is 36.5 Å². The summed E-state index contributed by atoms with van der Waals surface area (Å²) in [4.78, 5) is 12.5. The highest BCUT2D eigenvalue weighted by atomic mass is 16.3. The van der Waals surface area contributed by atoms with Gasteiger partial charge in [-0.1, -0.05) is 204 Å². The SMILES string of the molecule is CCCCCCCCCCCC/C=C/CC/C=C/CCCC(O)C(O)C(CO)NC(=O)C(O)CCCCCCCC/C=C\CCCCCCCCCCCCC. The first-order valence-corrected chi connectivity index (χ1v) is 24.4. The zero-order chi connectivity index (χ0) is 41.0. The Balaban J connectivity index is 3.77. The number of aliphatic hydroxyl groups is 4. The molecule has 0 aromatic carbocycles. The molecule has 0 bridgehead atoms. The third-order valence-corrected chi connectivity index (χ3v) is 11.3. The molecule has 0 aromatic heterocycles. The fourth-order valence-corrected chi connectivity index (χ4v) is 7.42. The number of nitrogens with one attached hydrogen (secondary N) is 1. The van der Waals surface area contributed by atoms with E-state index in [1.807, 2.05) is 0 Å². The highest BCUT2D eigenvalue weighted by molar-refractivity contribution is 5.80. The summed E-state index contributed by atoms with van der Waals surface area (Å²) in [6.07, 6.45) is 53.3. The van der Waals surface area contributed by atoms with Gasteiger partial charge in [-0.3, -0.25) is 4.79 Å². The summed E-state index contributed by atoms with van der Waals surface area (Å²) in [5, 5.41) is 43.8. The Morgan fingerprint density at radius 2 is 0.750 bits per heavy atom. The van der Waals surface area contributed by atoms with Gasteiger partial charge in [0.25, 0.3) is 0 Å². The smallest absolute Gasteiger partial charge is 0.249 e. The molecule has 0 heterocycles. The lowest BCUT2D eigenvalue weighted by atomic mass is 10.00. The molecular weight excluding hydrogens is 695 g/mol. The maximum absolute atomic E-state index is 12.5. The predicted octanol–water partition coefficient (Wildman–Crippen LogP) is 13.3. The summed E-state index contributed by atoms with van der Waals surface area (Å²) in [5.41, 5.74) is 0. The molecule has 0 rings (SSSR count). The van der Waals surface area contributed by atoms with Gasteiger partial charge in [-0.2, -0.15) is 0 Å². The van der Waals surface area contributed by atoms with E-state index in [1.165, 1.54) is 161 Å². The van der Waals surface area contributed by atoms with Crippen molar-refractivity contribution >= 4 is 5.91 Å². The van der Waals surface area contributed by atoms with Crippen molar-refractivity contribution in [2.75, 3.05) is 6.61 Å². The van der Waals surface area contributed by atoms with Crippen LogP contribution in [0.4, 0.5) is 0 Å². The molecule has 6 nitrogen and oxygen atoms in total. The number of hydrogen-bond donors (Lipinski definition) is 5. The second kappa shape index (κ2) is 44.6. The molecule has 0 aromatic rings. The van der Waals surface area contributed by atoms with E-state index < -0.39 is 36.9 Å². The summed E-state index contributed by atoms with van der Waals surface area (Å²) >= 11 is 0. The summed E-state index contributed by atoms with van der Waals surface area (Å²) < 4.78 is 0. The fraction of sp³-hybridized carbons (Fsp3) is 0.860. The van der Waals surface area contributed by atoms with Crippen molar-refractivity contribution in [3.63, 3.8) is 0 Å². The molecule has 5 N–H and O–H groups in total. The molecule has 6 heteroatoms. The molecule has 4 atom stereocenters. The number of carbonyl (C=O) groups excluding carboxylic acids is 1. The molecule has 0 spiro atoms. The number of hydrogen-bond acceptors (Lipinski definition) is 5. The van der Waals surface area contributed by atoms with Crippen LogP contribution in [0.25, 0.3) is 0 Å². The van der Waals surface area contributed by atoms with Gasteiger partial charge in [0.15, 0.2) is 0 Å². The van der Waals surface area contributed by atoms with E-state index in [0.29, 0.717) is 19.3 Å². The summed E-state index contributed by atoms with van der Waals surface area (Å²) in [6.45, 7) is 4.05. The molecule has 0 aliphatic rings. The van der Waals surface area contributed by atoms with Gasteiger partial charge in [-0.25, -0.2) is 0 Å². The molecule has 0 aliphatic heterocycles. The molecule has 4 unspecified atom stereocenters. The van der Waals surface area contributed by atoms with Crippen LogP contribution < -0.4 is 5.32 Å². The second-order valence-electron chi connectivity index (χ2n) is 16.8. The first kappa shape index (κ1) is 54.5. The summed E-state index contributed by atoms with van der Waals surface area (Å²) in [5.74, 6) is -0.601. The van der Waals surface area contributed by atoms with Crippen LogP contribution in [0.3, 0.4) is 0 Å². The molecule has 330 valence electrons. The van der Waals surface area contributed by atoms with E-state index in [-0.39, 0.29) is 0 Å². The Kier molecular flexibility index (Phi) is 43.5. The maximum atomic E-state index is 12.5. The second-order valence-corrected chi connectivity index (χ2v) is 16.8. The quantitative estimate of drug-likeness (QED) is 0.0312. The average Bonchev–Trinajstić information content (AvgIpc) is 3.20. The monoisotopic (exact) mass is 790 g/mol. The Bertz CT molecular complexity index is 889. The average molecular weight is 790 g/mol. The minimum Gasteiger partial charge on any atom is -0.394 e. The molecule has 0 fully saturated rings. The van der Waals surface area contributed by atoms with Gasteiger partial charge in [-0.15, -0.1) is 0 Å². The number of allylic oxidation sites excluding steroid dienone is 6. The van der Waals surface area contributed by atoms with Crippen LogP contribution in [0.5, 0.6) is 0 Å². The van der Waals surface area contributed by atoms with Crippen molar-refractivity contribution in [2.45, 2.75) is 269 Å². The van der Waals surface area contributed by atoms with Gasteiger partial charge >= 0.3 is 0 Å². The van der Waals surface area contributed by atoms with Crippen LogP contribution in [0.1, 0.15) is 245 Å². The molecule has 0 saturated heterocycles. The molecule has 1 amide bonds. The molecule has 0 radical (unpaired) electrons. The molecule has 0 aliphatic carbocycles. The van der Waals surface area contributed by atoms with Gasteiger partial charge in [0, 0.05) is 0 Å². The Labute approximate surface area is 347 Å². The van der Waals surface area contributed by atoms with Crippen LogP contribution >= 0.6 is 0 Å². The normalized spacial score (nSPS) is 14.3. The van der Waals surface area contributed by atoms with Gasteiger partial charge < -0.3 is 25.7 Å². The minimum absolute atomic E-state index is 0.353. The number of rotatable bonds is 44. The van der Waals surface area contributed by atoms with Crippen molar-refractivity contribution in [3.8, 4) is 0 Å². The number of amides is 1. The van der Waals surface area contributed by atoms with Crippen LogP contribution in [0.2, 0.25) is 0 Å². The van der Waals surface area contributed by atoms with Gasteiger partial charge in [0.05, 0.1) is 18.8 Å². The molecule has 56 heavy (non-hydrogen) atoms. The van der Waals surface area contributed by atoms with Gasteiger partial charge in [-0.05, 0) is 77.0 Å². The number of carbonyl (C=O) groups is 1. The van der Waals surface area contributed by atoms with Gasteiger partial charge in [0.2, 0.25) is 5.91 Å². The summed E-state index contributed by atoms with van der Waals surface area (Å²) in [7, 11) is 0. The fourth-order valence-electron chi connectivity index (χ4n) is 7.42. The van der Waals surface area contributed by atoms with E-state index in [9.17, 15) is 25.2 Å². The molecular formula is C50H95NO5. The van der Waals surface area contributed by atoms with E-state index in [4.69, 9.17) is 0 Å². The van der Waals surface area contributed by atoms with Crippen molar-refractivity contribution in [1.29, 1.82) is 0 Å². The lowest BCUT2D eigenvalue weighted by Crippen LogP contribution is -2.53. The Hall–Kier alpha value is -1.47. The van der Waals surface area contributed by atoms with E-state index in [2.05, 4.69) is 55.6 Å². The van der Waals surface area contributed by atoms with Crippen molar-refractivity contribution in [3.05, 3.63) is 36.5 Å². The van der Waals surface area contributed by atoms with Crippen molar-refractivity contribution in [1.82, 2.24) is 5.32 Å². The topological polar surface area (TPSA) is 110 Å². The zero-order valence-electron chi connectivity index (χ0n) is 37.1. The minimum atomic E-state index is -1.29.